The number of methoxy groups -OCH3 is 1. The van der Waals surface area contributed by atoms with Crippen molar-refractivity contribution < 1.29 is 9.13 Å². The van der Waals surface area contributed by atoms with Crippen LogP contribution in [0.15, 0.2) is 24.1 Å². The van der Waals surface area contributed by atoms with Gasteiger partial charge in [0.25, 0.3) is 0 Å². The first-order chi connectivity index (χ1) is 8.20. The van der Waals surface area contributed by atoms with Crippen LogP contribution in [0.3, 0.4) is 0 Å². The van der Waals surface area contributed by atoms with Crippen molar-refractivity contribution in [2.75, 3.05) is 33.4 Å². The number of nitrogens with two attached hydrogens (primary N) is 1. The van der Waals surface area contributed by atoms with Crippen molar-refractivity contribution in [1.82, 2.24) is 4.90 Å². The molecular formula is C13H21FN2O. The van der Waals surface area contributed by atoms with E-state index in [1.54, 1.807) is 19.3 Å². The van der Waals surface area contributed by atoms with Crippen molar-refractivity contribution in [3.05, 3.63) is 24.1 Å². The molecule has 4 heteroatoms. The first-order valence-corrected chi connectivity index (χ1v) is 6.21. The van der Waals surface area contributed by atoms with Gasteiger partial charge in [-0.1, -0.05) is 6.08 Å². The van der Waals surface area contributed by atoms with Gasteiger partial charge in [0.2, 0.25) is 0 Å². The molecule has 2 N–H and O–H groups in total. The highest BCUT2D eigenvalue weighted by Crippen LogP contribution is 2.30. The number of hydrogen-bond donors (Lipinski definition) is 1. The van der Waals surface area contributed by atoms with Crippen LogP contribution in [0.1, 0.15) is 6.42 Å². The Labute approximate surface area is 102 Å². The molecule has 0 bridgehead atoms. The smallest absolute Gasteiger partial charge is 0.118 e. The van der Waals surface area contributed by atoms with Crippen molar-refractivity contribution in [3.63, 3.8) is 0 Å². The van der Waals surface area contributed by atoms with E-state index < -0.39 is 0 Å². The van der Waals surface area contributed by atoms with Crippen molar-refractivity contribution in [1.29, 1.82) is 0 Å². The molecule has 17 heavy (non-hydrogen) atoms. The summed E-state index contributed by atoms with van der Waals surface area (Å²) in [5.74, 6) is 0.702. The first kappa shape index (κ1) is 12.7. The molecule has 0 aromatic carbocycles. The average molecular weight is 240 g/mol. The highest BCUT2D eigenvalue weighted by atomic mass is 19.1. The third kappa shape index (κ3) is 3.15. The predicted octanol–water partition coefficient (Wildman–Crippen LogP) is 1.32. The van der Waals surface area contributed by atoms with E-state index in [9.17, 15) is 4.39 Å². The summed E-state index contributed by atoms with van der Waals surface area (Å²) in [6, 6.07) is 0.191. The number of rotatable bonds is 4. The summed E-state index contributed by atoms with van der Waals surface area (Å²) in [6.07, 6.45) is 5.98. The minimum absolute atomic E-state index is 0.121. The third-order valence-electron chi connectivity index (χ3n) is 3.74. The van der Waals surface area contributed by atoms with Crippen LogP contribution in [0.2, 0.25) is 0 Å². The van der Waals surface area contributed by atoms with Crippen LogP contribution in [0.4, 0.5) is 4.39 Å². The topological polar surface area (TPSA) is 38.5 Å². The predicted molar refractivity (Wildman–Crippen MR) is 66.2 cm³/mol. The second kappa shape index (κ2) is 5.76. The molecule has 0 aromatic heterocycles. The first-order valence-electron chi connectivity index (χ1n) is 6.21. The Morgan fingerprint density at radius 2 is 2.35 bits per heavy atom. The molecule has 1 heterocycles. The molecular weight excluding hydrogens is 219 g/mol. The number of hydrogen-bond acceptors (Lipinski definition) is 3. The second-order valence-corrected chi connectivity index (χ2v) is 4.93. The van der Waals surface area contributed by atoms with Gasteiger partial charge in [0, 0.05) is 32.8 Å². The minimum Gasteiger partial charge on any atom is -0.383 e. The number of ether oxygens (including phenoxy) is 1. The number of halogens is 1. The van der Waals surface area contributed by atoms with Crippen LogP contribution in [0.25, 0.3) is 0 Å². The molecule has 3 nitrogen and oxygen atoms in total. The zero-order chi connectivity index (χ0) is 12.3. The minimum atomic E-state index is -0.121. The molecule has 3 atom stereocenters. The fourth-order valence-corrected chi connectivity index (χ4v) is 2.73. The Morgan fingerprint density at radius 3 is 3.00 bits per heavy atom. The lowest BCUT2D eigenvalue weighted by Crippen LogP contribution is -2.33. The van der Waals surface area contributed by atoms with Gasteiger partial charge in [-0.2, -0.15) is 0 Å². The summed E-state index contributed by atoms with van der Waals surface area (Å²) >= 11 is 0. The summed E-state index contributed by atoms with van der Waals surface area (Å²) in [5.41, 5.74) is 6.18. The maximum atomic E-state index is 12.9. The number of nitrogens with zero attached hydrogens (tertiary/aromatic N) is 1. The van der Waals surface area contributed by atoms with Gasteiger partial charge in [0.1, 0.15) is 5.83 Å². The van der Waals surface area contributed by atoms with Crippen molar-refractivity contribution >= 4 is 0 Å². The van der Waals surface area contributed by atoms with Crippen LogP contribution < -0.4 is 5.73 Å². The molecule has 0 amide bonds. The van der Waals surface area contributed by atoms with Gasteiger partial charge in [0.05, 0.1) is 6.61 Å². The Kier molecular flexibility index (Phi) is 4.31. The average Bonchev–Trinajstić information content (AvgIpc) is 2.69. The lowest BCUT2D eigenvalue weighted by atomic mass is 9.84. The van der Waals surface area contributed by atoms with Crippen molar-refractivity contribution in [3.8, 4) is 0 Å². The van der Waals surface area contributed by atoms with Gasteiger partial charge in [-0.05, 0) is 30.4 Å². The van der Waals surface area contributed by atoms with Gasteiger partial charge in [-0.25, -0.2) is 4.39 Å². The molecule has 2 rings (SSSR count). The van der Waals surface area contributed by atoms with Gasteiger partial charge in [0.15, 0.2) is 0 Å². The van der Waals surface area contributed by atoms with E-state index in [0.717, 1.165) is 32.7 Å². The van der Waals surface area contributed by atoms with Crippen LogP contribution in [-0.2, 0) is 4.74 Å². The lowest BCUT2D eigenvalue weighted by Gasteiger charge is -2.24. The van der Waals surface area contributed by atoms with E-state index >= 15 is 0 Å². The van der Waals surface area contributed by atoms with Crippen molar-refractivity contribution in [2.24, 2.45) is 17.6 Å². The van der Waals surface area contributed by atoms with Crippen LogP contribution >= 0.6 is 0 Å². The molecule has 0 aromatic rings. The fraction of sp³-hybridized carbons (Fsp3) is 0.692. The van der Waals surface area contributed by atoms with E-state index in [1.165, 1.54) is 0 Å². The van der Waals surface area contributed by atoms with E-state index in [0.29, 0.717) is 11.8 Å². The standard InChI is InChI=1S/C13H21FN2O/c1-17-7-6-16-8-12(13(15)9-16)10-2-4-11(14)5-3-10/h2,4-5,10,12-13H,3,6-9,15H2,1H3/t10?,12-,13+/m0/s1. The molecule has 2 aliphatic rings. The zero-order valence-corrected chi connectivity index (χ0v) is 10.3. The lowest BCUT2D eigenvalue weighted by molar-refractivity contribution is 0.157. The highest BCUT2D eigenvalue weighted by molar-refractivity contribution is 5.19. The number of likely N-dealkylation sites (tertiary alicyclic amines) is 1. The zero-order valence-electron chi connectivity index (χ0n) is 10.3. The number of allylic oxidation sites excluding steroid dienone is 4. The van der Waals surface area contributed by atoms with E-state index in [-0.39, 0.29) is 11.9 Å². The van der Waals surface area contributed by atoms with E-state index in [1.807, 2.05) is 6.08 Å². The Balaban J connectivity index is 1.88. The summed E-state index contributed by atoms with van der Waals surface area (Å²) < 4.78 is 18.0. The van der Waals surface area contributed by atoms with Crippen LogP contribution in [0, 0.1) is 11.8 Å². The molecule has 1 fully saturated rings. The molecule has 0 radical (unpaired) electrons. The Hall–Kier alpha value is -0.710. The summed E-state index contributed by atoms with van der Waals surface area (Å²) in [6.45, 7) is 3.59. The second-order valence-electron chi connectivity index (χ2n) is 4.93. The maximum Gasteiger partial charge on any atom is 0.118 e. The fourth-order valence-electron chi connectivity index (χ4n) is 2.73. The highest BCUT2D eigenvalue weighted by Gasteiger charge is 2.34. The van der Waals surface area contributed by atoms with Gasteiger partial charge >= 0.3 is 0 Å². The molecule has 1 saturated heterocycles. The van der Waals surface area contributed by atoms with E-state index in [2.05, 4.69) is 4.90 Å². The molecule has 1 aliphatic heterocycles. The van der Waals surface area contributed by atoms with Crippen LogP contribution in [-0.4, -0.2) is 44.3 Å². The SMILES string of the molecule is COCCN1C[C@@H](N)[C@H](C2C=CC(F)=CC2)C1. The van der Waals surface area contributed by atoms with Crippen molar-refractivity contribution in [2.45, 2.75) is 12.5 Å². The van der Waals surface area contributed by atoms with E-state index in [4.69, 9.17) is 10.5 Å². The summed E-state index contributed by atoms with van der Waals surface area (Å²) in [5, 5.41) is 0. The molecule has 1 unspecified atom stereocenters. The van der Waals surface area contributed by atoms with Crippen LogP contribution in [0.5, 0.6) is 0 Å². The molecule has 1 aliphatic carbocycles. The normalized spacial score (nSPS) is 34.1. The molecule has 0 saturated carbocycles. The Morgan fingerprint density at radius 1 is 1.53 bits per heavy atom. The maximum absolute atomic E-state index is 12.9. The third-order valence-corrected chi connectivity index (χ3v) is 3.74. The quantitative estimate of drug-likeness (QED) is 0.805. The largest absolute Gasteiger partial charge is 0.383 e. The summed E-state index contributed by atoms with van der Waals surface area (Å²) in [4.78, 5) is 2.33. The molecule has 0 spiro atoms. The van der Waals surface area contributed by atoms with Gasteiger partial charge < -0.3 is 10.5 Å². The van der Waals surface area contributed by atoms with Gasteiger partial charge in [-0.15, -0.1) is 0 Å². The van der Waals surface area contributed by atoms with Gasteiger partial charge in [-0.3, -0.25) is 4.90 Å². The molecule has 96 valence electrons. The summed E-state index contributed by atoms with van der Waals surface area (Å²) in [7, 11) is 1.71. The monoisotopic (exact) mass is 240 g/mol. The Bertz CT molecular complexity index is 317.